The number of hydrogen-bond acceptors (Lipinski definition) is 4. The number of carbonyl (C=O) groups is 2. The van der Waals surface area contributed by atoms with Crippen LogP contribution in [-0.2, 0) is 0 Å². The third-order valence-electron chi connectivity index (χ3n) is 1.88. The third-order valence-corrected chi connectivity index (χ3v) is 1.88. The summed E-state index contributed by atoms with van der Waals surface area (Å²) in [7, 11) is 0. The van der Waals surface area contributed by atoms with E-state index in [1.54, 1.807) is 0 Å². The number of nitrogens with one attached hydrogen (secondary N) is 1. The number of rotatable bonds is 2. The maximum atomic E-state index is 11.3. The van der Waals surface area contributed by atoms with Crippen molar-refractivity contribution in [2.24, 2.45) is 0 Å². The Morgan fingerprint density at radius 3 is 1.60 bits per heavy atom. The molecule has 0 unspecified atom stereocenters. The van der Waals surface area contributed by atoms with E-state index < -0.39 is 23.2 Å². The van der Waals surface area contributed by atoms with E-state index in [9.17, 15) is 19.2 Å². The Hall–Kier alpha value is -1.92. The van der Waals surface area contributed by atoms with Gasteiger partial charge in [-0.25, -0.2) is 9.59 Å². The van der Waals surface area contributed by atoms with Crippen molar-refractivity contribution in [3.63, 3.8) is 0 Å². The Labute approximate surface area is 84.3 Å². The van der Waals surface area contributed by atoms with Crippen LogP contribution in [0.4, 0.5) is 0 Å². The number of hydrogen-bond donors (Lipinski definition) is 1. The van der Waals surface area contributed by atoms with Crippen LogP contribution < -0.4 is 11.4 Å². The molecule has 0 amide bonds. The van der Waals surface area contributed by atoms with Crippen LogP contribution in [0.2, 0.25) is 0 Å². The second kappa shape index (κ2) is 4.07. The zero-order valence-electron chi connectivity index (χ0n) is 8.44. The SMILES string of the molecule is CCC(=O)n1c(=O)[nH]c(=O)n1C(=O)CC. The zero-order chi connectivity index (χ0) is 11.6. The molecule has 7 heteroatoms. The van der Waals surface area contributed by atoms with Gasteiger partial charge >= 0.3 is 11.4 Å². The van der Waals surface area contributed by atoms with Crippen LogP contribution in [0.3, 0.4) is 0 Å². The molecule has 0 aromatic carbocycles. The van der Waals surface area contributed by atoms with E-state index in [-0.39, 0.29) is 12.8 Å². The molecule has 1 aromatic heterocycles. The minimum atomic E-state index is -0.881. The monoisotopic (exact) mass is 213 g/mol. The summed E-state index contributed by atoms with van der Waals surface area (Å²) >= 11 is 0. The van der Waals surface area contributed by atoms with Crippen molar-refractivity contribution in [3.05, 3.63) is 21.0 Å². The van der Waals surface area contributed by atoms with Gasteiger partial charge in [0.2, 0.25) is 11.8 Å². The van der Waals surface area contributed by atoms with E-state index >= 15 is 0 Å². The maximum absolute atomic E-state index is 11.3. The first-order valence-corrected chi connectivity index (χ1v) is 4.53. The van der Waals surface area contributed by atoms with Crippen LogP contribution in [0, 0.1) is 0 Å². The molecule has 0 spiro atoms. The van der Waals surface area contributed by atoms with Gasteiger partial charge in [0.1, 0.15) is 0 Å². The molecule has 7 nitrogen and oxygen atoms in total. The van der Waals surface area contributed by atoms with Crippen molar-refractivity contribution < 1.29 is 9.59 Å². The predicted molar refractivity (Wildman–Crippen MR) is 51.1 cm³/mol. The summed E-state index contributed by atoms with van der Waals surface area (Å²) in [4.78, 5) is 46.9. The van der Waals surface area contributed by atoms with Crippen LogP contribution in [0.5, 0.6) is 0 Å². The molecule has 82 valence electrons. The molecular weight excluding hydrogens is 202 g/mol. The van der Waals surface area contributed by atoms with Gasteiger partial charge in [0.05, 0.1) is 0 Å². The molecular formula is C8H11N3O4. The maximum Gasteiger partial charge on any atom is 0.352 e. The van der Waals surface area contributed by atoms with Gasteiger partial charge in [-0.2, -0.15) is 9.36 Å². The smallest absolute Gasteiger partial charge is 0.272 e. The molecule has 15 heavy (non-hydrogen) atoms. The molecule has 1 heterocycles. The molecule has 0 aliphatic carbocycles. The number of aromatic amines is 1. The molecule has 0 fully saturated rings. The standard InChI is InChI=1S/C8H11N3O4/c1-3-5(12)10-7(14)9-8(15)11(10)6(13)4-2/h3-4H2,1-2H3,(H,9,14,15). The van der Waals surface area contributed by atoms with Gasteiger partial charge < -0.3 is 0 Å². The van der Waals surface area contributed by atoms with Gasteiger partial charge in [0.15, 0.2) is 0 Å². The molecule has 0 atom stereocenters. The highest BCUT2D eigenvalue weighted by Gasteiger charge is 2.18. The van der Waals surface area contributed by atoms with Crippen LogP contribution >= 0.6 is 0 Å². The van der Waals surface area contributed by atoms with Gasteiger partial charge in [0, 0.05) is 12.8 Å². The quantitative estimate of drug-likeness (QED) is 0.712. The highest BCUT2D eigenvalue weighted by molar-refractivity contribution is 5.83. The Kier molecular flexibility index (Phi) is 3.03. The fraction of sp³-hybridized carbons (Fsp3) is 0.500. The lowest BCUT2D eigenvalue weighted by molar-refractivity contribution is 0.0783. The van der Waals surface area contributed by atoms with Crippen LogP contribution in [0.15, 0.2) is 9.59 Å². The second-order valence-corrected chi connectivity index (χ2v) is 2.85. The van der Waals surface area contributed by atoms with E-state index in [0.717, 1.165) is 0 Å². The fourth-order valence-corrected chi connectivity index (χ4v) is 1.13. The number of carbonyl (C=O) groups excluding carboxylic acids is 2. The van der Waals surface area contributed by atoms with Crippen LogP contribution in [0.25, 0.3) is 0 Å². The molecule has 0 bridgehead atoms. The molecule has 0 saturated heterocycles. The summed E-state index contributed by atoms with van der Waals surface area (Å²) in [5, 5.41) is 0. The average molecular weight is 213 g/mol. The lowest BCUT2D eigenvalue weighted by atomic mass is 10.4. The van der Waals surface area contributed by atoms with Crippen molar-refractivity contribution in [2.75, 3.05) is 0 Å². The van der Waals surface area contributed by atoms with E-state index in [1.165, 1.54) is 13.8 Å². The molecule has 1 N–H and O–H groups in total. The Balaban J connectivity index is 3.50. The third kappa shape index (κ3) is 1.80. The van der Waals surface area contributed by atoms with Gasteiger partial charge in [-0.1, -0.05) is 13.8 Å². The first kappa shape index (κ1) is 11.2. The van der Waals surface area contributed by atoms with Crippen molar-refractivity contribution in [2.45, 2.75) is 26.7 Å². The predicted octanol–water partition coefficient (Wildman–Crippen LogP) is -0.562. The first-order chi connectivity index (χ1) is 7.02. The zero-order valence-corrected chi connectivity index (χ0v) is 8.44. The van der Waals surface area contributed by atoms with Gasteiger partial charge in [-0.15, -0.1) is 0 Å². The van der Waals surface area contributed by atoms with E-state index in [0.29, 0.717) is 9.36 Å². The Morgan fingerprint density at radius 1 is 1.00 bits per heavy atom. The van der Waals surface area contributed by atoms with E-state index in [1.807, 2.05) is 4.98 Å². The normalized spacial score (nSPS) is 10.3. The fourth-order valence-electron chi connectivity index (χ4n) is 1.13. The van der Waals surface area contributed by atoms with Crippen molar-refractivity contribution in [1.29, 1.82) is 0 Å². The first-order valence-electron chi connectivity index (χ1n) is 4.53. The average Bonchev–Trinajstić information content (AvgIpc) is 2.51. The van der Waals surface area contributed by atoms with Crippen LogP contribution in [-0.4, -0.2) is 26.2 Å². The molecule has 1 aromatic rings. The van der Waals surface area contributed by atoms with Gasteiger partial charge in [-0.05, 0) is 0 Å². The molecule has 0 saturated carbocycles. The van der Waals surface area contributed by atoms with Crippen molar-refractivity contribution in [1.82, 2.24) is 14.3 Å². The Bertz CT molecular complexity index is 460. The topological polar surface area (TPSA) is 93.9 Å². The summed E-state index contributed by atoms with van der Waals surface area (Å²) in [5.41, 5.74) is -1.76. The molecule has 1 rings (SSSR count). The Morgan fingerprint density at radius 2 is 1.33 bits per heavy atom. The van der Waals surface area contributed by atoms with Gasteiger partial charge in [-0.3, -0.25) is 14.6 Å². The largest absolute Gasteiger partial charge is 0.352 e. The molecule has 0 aliphatic rings. The van der Waals surface area contributed by atoms with E-state index in [4.69, 9.17) is 0 Å². The van der Waals surface area contributed by atoms with E-state index in [2.05, 4.69) is 0 Å². The van der Waals surface area contributed by atoms with Crippen LogP contribution in [0.1, 0.15) is 36.3 Å². The number of H-pyrrole nitrogens is 1. The summed E-state index contributed by atoms with van der Waals surface area (Å²) in [5.74, 6) is -1.19. The second-order valence-electron chi connectivity index (χ2n) is 2.85. The summed E-state index contributed by atoms with van der Waals surface area (Å²) in [6, 6.07) is 0. The number of nitrogens with zero attached hydrogens (tertiary/aromatic N) is 2. The number of aromatic nitrogens is 3. The minimum absolute atomic E-state index is 0.0359. The molecule has 0 radical (unpaired) electrons. The summed E-state index contributed by atoms with van der Waals surface area (Å²) < 4.78 is 1.07. The minimum Gasteiger partial charge on any atom is -0.272 e. The summed E-state index contributed by atoms with van der Waals surface area (Å²) in [6.45, 7) is 3.07. The summed E-state index contributed by atoms with van der Waals surface area (Å²) in [6.07, 6.45) is 0.0718. The van der Waals surface area contributed by atoms with Crippen molar-refractivity contribution in [3.8, 4) is 0 Å². The van der Waals surface area contributed by atoms with Gasteiger partial charge in [0.25, 0.3) is 0 Å². The molecule has 0 aliphatic heterocycles. The van der Waals surface area contributed by atoms with Crippen molar-refractivity contribution >= 4 is 11.8 Å². The highest BCUT2D eigenvalue weighted by atomic mass is 16.2. The lowest BCUT2D eigenvalue weighted by Gasteiger charge is -2.03. The lowest BCUT2D eigenvalue weighted by Crippen LogP contribution is -2.35. The highest BCUT2D eigenvalue weighted by Crippen LogP contribution is 1.88.